The minimum atomic E-state index is 0.453. The highest BCUT2D eigenvalue weighted by atomic mass is 35.5. The molecule has 0 aliphatic carbocycles. The number of hydrogen-bond acceptors (Lipinski definition) is 3. The number of nitrogens with one attached hydrogen (secondary N) is 1. The van der Waals surface area contributed by atoms with Gasteiger partial charge >= 0.3 is 0 Å². The molecule has 0 heterocycles. The molecule has 30 heavy (non-hydrogen) atoms. The number of nitrogens with zero attached hydrogens (tertiary/aromatic N) is 1. The molecule has 0 amide bonds. The highest BCUT2D eigenvalue weighted by molar-refractivity contribution is 6.30. The first-order chi connectivity index (χ1) is 14.7. The summed E-state index contributed by atoms with van der Waals surface area (Å²) in [6.45, 7) is 1.06. The monoisotopic (exact) mass is 434 g/mol. The molecule has 4 rings (SSSR count). The van der Waals surface area contributed by atoms with Crippen LogP contribution in [0.1, 0.15) is 16.7 Å². The number of benzene rings is 4. The van der Waals surface area contributed by atoms with Crippen LogP contribution in [-0.4, -0.2) is 6.21 Å². The number of rotatable bonds is 7. The molecule has 0 radical (unpaired) electrons. The fourth-order valence-corrected chi connectivity index (χ4v) is 3.38. The van der Waals surface area contributed by atoms with Gasteiger partial charge in [-0.05, 0) is 52.2 Å². The maximum atomic E-state index is 6.12. The molecule has 0 saturated carbocycles. The molecule has 0 unspecified atom stereocenters. The Hall–Kier alpha value is -3.01. The van der Waals surface area contributed by atoms with Crippen molar-refractivity contribution in [1.82, 2.24) is 5.43 Å². The molecule has 3 nitrogen and oxygen atoms in total. The Morgan fingerprint density at radius 2 is 1.43 bits per heavy atom. The molecule has 0 bridgehead atoms. The van der Waals surface area contributed by atoms with Crippen LogP contribution >= 0.6 is 23.2 Å². The van der Waals surface area contributed by atoms with Gasteiger partial charge in [-0.15, -0.1) is 0 Å². The molecule has 0 spiro atoms. The van der Waals surface area contributed by atoms with Crippen LogP contribution in [0.5, 0.6) is 5.75 Å². The normalized spacial score (nSPS) is 11.1. The first kappa shape index (κ1) is 20.3. The molecule has 4 aromatic carbocycles. The third-order valence-corrected chi connectivity index (χ3v) is 5.22. The third-order valence-electron chi connectivity index (χ3n) is 4.72. The van der Waals surface area contributed by atoms with Crippen LogP contribution in [0.25, 0.3) is 10.8 Å². The van der Waals surface area contributed by atoms with Crippen molar-refractivity contribution in [2.45, 2.75) is 13.2 Å². The Balaban J connectivity index is 1.53. The minimum absolute atomic E-state index is 0.453. The van der Waals surface area contributed by atoms with Gasteiger partial charge in [-0.25, -0.2) is 0 Å². The van der Waals surface area contributed by atoms with E-state index in [0.717, 1.165) is 38.2 Å². The van der Waals surface area contributed by atoms with E-state index in [-0.39, 0.29) is 0 Å². The van der Waals surface area contributed by atoms with Gasteiger partial charge < -0.3 is 10.2 Å². The topological polar surface area (TPSA) is 33.6 Å². The summed E-state index contributed by atoms with van der Waals surface area (Å²) in [6.07, 6.45) is 1.81. The van der Waals surface area contributed by atoms with Gasteiger partial charge in [0.25, 0.3) is 0 Å². The molecule has 0 fully saturated rings. The highest BCUT2D eigenvalue weighted by Crippen LogP contribution is 2.27. The molecule has 5 heteroatoms. The lowest BCUT2D eigenvalue weighted by molar-refractivity contribution is 0.306. The van der Waals surface area contributed by atoms with Gasteiger partial charge in [-0.1, -0.05) is 77.8 Å². The first-order valence-corrected chi connectivity index (χ1v) is 10.3. The van der Waals surface area contributed by atoms with Crippen molar-refractivity contribution in [2.24, 2.45) is 5.10 Å². The summed E-state index contributed by atoms with van der Waals surface area (Å²) in [6, 6.07) is 27.6. The van der Waals surface area contributed by atoms with Gasteiger partial charge in [0.05, 0.1) is 12.8 Å². The molecular formula is C25H20Cl2N2O. The molecule has 4 aromatic rings. The van der Waals surface area contributed by atoms with Crippen LogP contribution in [-0.2, 0) is 13.2 Å². The molecule has 1 N–H and O–H groups in total. The fraction of sp³-hybridized carbons (Fsp3) is 0.0800. The largest absolute Gasteiger partial charge is 0.488 e. The van der Waals surface area contributed by atoms with Gasteiger partial charge in [-0.3, -0.25) is 0 Å². The number of ether oxygens (including phenoxy) is 1. The molecule has 0 atom stereocenters. The predicted molar refractivity (Wildman–Crippen MR) is 126 cm³/mol. The SMILES string of the molecule is Clc1ccc(CN/N=C\c2c(OCc3ccc(Cl)cc3)ccc3ccccc23)cc1. The zero-order chi connectivity index (χ0) is 20.8. The van der Waals surface area contributed by atoms with Crippen molar-refractivity contribution in [3.63, 3.8) is 0 Å². The summed E-state index contributed by atoms with van der Waals surface area (Å²) in [4.78, 5) is 0. The fourth-order valence-electron chi connectivity index (χ4n) is 3.13. The van der Waals surface area contributed by atoms with Gasteiger partial charge in [-0.2, -0.15) is 5.10 Å². The second-order valence-corrected chi connectivity index (χ2v) is 7.71. The zero-order valence-electron chi connectivity index (χ0n) is 16.2. The average Bonchev–Trinajstić information content (AvgIpc) is 2.78. The average molecular weight is 435 g/mol. The van der Waals surface area contributed by atoms with Crippen molar-refractivity contribution >= 4 is 40.2 Å². The first-order valence-electron chi connectivity index (χ1n) is 9.58. The van der Waals surface area contributed by atoms with Gasteiger partial charge in [0.1, 0.15) is 12.4 Å². The molecule has 0 aliphatic heterocycles. The maximum absolute atomic E-state index is 6.12. The Morgan fingerprint density at radius 1 is 0.767 bits per heavy atom. The van der Waals surface area contributed by atoms with Crippen LogP contribution in [0.4, 0.5) is 0 Å². The van der Waals surface area contributed by atoms with Crippen LogP contribution in [0.3, 0.4) is 0 Å². The highest BCUT2D eigenvalue weighted by Gasteiger charge is 2.08. The molecule has 150 valence electrons. The Bertz CT molecular complexity index is 1160. The Kier molecular flexibility index (Phi) is 6.53. The summed E-state index contributed by atoms with van der Waals surface area (Å²) in [5.41, 5.74) is 6.19. The lowest BCUT2D eigenvalue weighted by Crippen LogP contribution is -2.06. The van der Waals surface area contributed by atoms with Crippen molar-refractivity contribution in [3.05, 3.63) is 112 Å². The van der Waals surface area contributed by atoms with E-state index in [2.05, 4.69) is 28.7 Å². The number of halogens is 2. The lowest BCUT2D eigenvalue weighted by Gasteiger charge is -2.12. The van der Waals surface area contributed by atoms with E-state index >= 15 is 0 Å². The summed E-state index contributed by atoms with van der Waals surface area (Å²) in [5, 5.41) is 8.09. The number of hydrazone groups is 1. The van der Waals surface area contributed by atoms with Crippen molar-refractivity contribution in [3.8, 4) is 5.75 Å². The van der Waals surface area contributed by atoms with E-state index in [9.17, 15) is 0 Å². The second-order valence-electron chi connectivity index (χ2n) is 6.83. The predicted octanol–water partition coefficient (Wildman–Crippen LogP) is 6.85. The summed E-state index contributed by atoms with van der Waals surface area (Å²) in [5.74, 6) is 0.778. The Labute approximate surface area is 185 Å². The van der Waals surface area contributed by atoms with E-state index in [4.69, 9.17) is 27.9 Å². The summed E-state index contributed by atoms with van der Waals surface area (Å²) < 4.78 is 6.12. The van der Waals surface area contributed by atoms with E-state index in [1.54, 1.807) is 0 Å². The quantitative estimate of drug-likeness (QED) is 0.254. The number of hydrogen-bond donors (Lipinski definition) is 1. The smallest absolute Gasteiger partial charge is 0.129 e. The summed E-state index contributed by atoms with van der Waals surface area (Å²) >= 11 is 11.9. The second kappa shape index (κ2) is 9.66. The maximum Gasteiger partial charge on any atom is 0.129 e. The Morgan fingerprint density at radius 3 is 2.17 bits per heavy atom. The van der Waals surface area contributed by atoms with Gasteiger partial charge in [0.2, 0.25) is 0 Å². The van der Waals surface area contributed by atoms with E-state index in [1.165, 1.54) is 0 Å². The van der Waals surface area contributed by atoms with Crippen molar-refractivity contribution in [1.29, 1.82) is 0 Å². The van der Waals surface area contributed by atoms with Crippen molar-refractivity contribution in [2.75, 3.05) is 0 Å². The van der Waals surface area contributed by atoms with Crippen LogP contribution in [0.2, 0.25) is 10.0 Å². The molecule has 0 aromatic heterocycles. The summed E-state index contributed by atoms with van der Waals surface area (Å²) in [7, 11) is 0. The minimum Gasteiger partial charge on any atom is -0.488 e. The van der Waals surface area contributed by atoms with E-state index in [0.29, 0.717) is 18.2 Å². The molecular weight excluding hydrogens is 415 g/mol. The molecule has 0 saturated heterocycles. The van der Waals surface area contributed by atoms with E-state index in [1.807, 2.05) is 72.9 Å². The van der Waals surface area contributed by atoms with Gasteiger partial charge in [0.15, 0.2) is 0 Å². The van der Waals surface area contributed by atoms with Crippen LogP contribution < -0.4 is 10.2 Å². The van der Waals surface area contributed by atoms with Crippen LogP contribution in [0.15, 0.2) is 90.0 Å². The van der Waals surface area contributed by atoms with Crippen LogP contribution in [0, 0.1) is 0 Å². The molecule has 0 aliphatic rings. The zero-order valence-corrected chi connectivity index (χ0v) is 17.7. The third kappa shape index (κ3) is 5.12. The number of fused-ring (bicyclic) bond motifs is 1. The van der Waals surface area contributed by atoms with Crippen molar-refractivity contribution < 1.29 is 4.74 Å². The standard InChI is InChI=1S/C25H20Cl2N2O/c26-21-10-5-18(6-11-21)15-28-29-16-24-23-4-2-1-3-20(23)9-14-25(24)30-17-19-7-12-22(27)13-8-19/h1-14,16,28H,15,17H2/b29-16-. The lowest BCUT2D eigenvalue weighted by atomic mass is 10.0. The van der Waals surface area contributed by atoms with Gasteiger partial charge in [0, 0.05) is 15.6 Å². The van der Waals surface area contributed by atoms with E-state index < -0.39 is 0 Å².